The van der Waals surface area contributed by atoms with Crippen molar-refractivity contribution in [3.8, 4) is 0 Å². The first-order chi connectivity index (χ1) is 7.11. The van der Waals surface area contributed by atoms with Crippen molar-refractivity contribution in [2.45, 2.75) is 18.9 Å². The second-order valence-corrected chi connectivity index (χ2v) is 4.14. The standard InChI is InChI=1S/C9H19N3O2S/c1-11-5-3-8(13)12-7(9(10)14)4-6-15-2/h7,11H,3-6H2,1-2H3,(H2,10,14)(H,12,13). The lowest BCUT2D eigenvalue weighted by atomic mass is 10.2. The maximum absolute atomic E-state index is 11.3. The molecular formula is C9H19N3O2S. The van der Waals surface area contributed by atoms with Gasteiger partial charge in [-0.2, -0.15) is 11.8 Å². The molecule has 0 spiro atoms. The lowest BCUT2D eigenvalue weighted by Crippen LogP contribution is -2.45. The van der Waals surface area contributed by atoms with Crippen molar-refractivity contribution >= 4 is 23.6 Å². The maximum atomic E-state index is 11.3. The van der Waals surface area contributed by atoms with Gasteiger partial charge in [-0.3, -0.25) is 9.59 Å². The van der Waals surface area contributed by atoms with E-state index in [2.05, 4.69) is 10.6 Å². The average molecular weight is 233 g/mol. The third-order valence-corrected chi connectivity index (χ3v) is 2.54. The van der Waals surface area contributed by atoms with Crippen LogP contribution in [0.4, 0.5) is 0 Å². The van der Waals surface area contributed by atoms with Gasteiger partial charge in [0, 0.05) is 13.0 Å². The molecule has 6 heteroatoms. The van der Waals surface area contributed by atoms with Crippen LogP contribution in [-0.4, -0.2) is 43.5 Å². The molecular weight excluding hydrogens is 214 g/mol. The van der Waals surface area contributed by atoms with E-state index in [-0.39, 0.29) is 5.91 Å². The second kappa shape index (κ2) is 8.55. The van der Waals surface area contributed by atoms with E-state index in [9.17, 15) is 9.59 Å². The number of amides is 2. The van der Waals surface area contributed by atoms with Gasteiger partial charge in [0.25, 0.3) is 0 Å². The molecule has 15 heavy (non-hydrogen) atoms. The number of thioether (sulfide) groups is 1. The van der Waals surface area contributed by atoms with E-state index < -0.39 is 11.9 Å². The van der Waals surface area contributed by atoms with Crippen LogP contribution in [0.15, 0.2) is 0 Å². The topological polar surface area (TPSA) is 84.2 Å². The van der Waals surface area contributed by atoms with Crippen LogP contribution in [0.5, 0.6) is 0 Å². The first-order valence-electron chi connectivity index (χ1n) is 4.84. The number of carbonyl (C=O) groups excluding carboxylic acids is 2. The monoisotopic (exact) mass is 233 g/mol. The van der Waals surface area contributed by atoms with Crippen LogP contribution in [0.2, 0.25) is 0 Å². The SMILES string of the molecule is CNCCC(=O)NC(CCSC)C(N)=O. The van der Waals surface area contributed by atoms with Crippen molar-refractivity contribution in [3.05, 3.63) is 0 Å². The van der Waals surface area contributed by atoms with Crippen molar-refractivity contribution in [1.29, 1.82) is 0 Å². The number of nitrogens with one attached hydrogen (secondary N) is 2. The first-order valence-corrected chi connectivity index (χ1v) is 6.23. The van der Waals surface area contributed by atoms with Crippen LogP contribution >= 0.6 is 11.8 Å². The number of nitrogens with two attached hydrogens (primary N) is 1. The summed E-state index contributed by atoms with van der Waals surface area (Å²) in [7, 11) is 1.77. The van der Waals surface area contributed by atoms with Crippen LogP contribution < -0.4 is 16.4 Å². The summed E-state index contributed by atoms with van der Waals surface area (Å²) in [6.07, 6.45) is 2.89. The van der Waals surface area contributed by atoms with Crippen LogP contribution in [0, 0.1) is 0 Å². The van der Waals surface area contributed by atoms with E-state index in [1.165, 1.54) is 0 Å². The number of carbonyl (C=O) groups is 2. The highest BCUT2D eigenvalue weighted by Crippen LogP contribution is 2.00. The number of hydrogen-bond donors (Lipinski definition) is 3. The Balaban J connectivity index is 3.93. The van der Waals surface area contributed by atoms with Gasteiger partial charge < -0.3 is 16.4 Å². The molecule has 2 amide bonds. The molecule has 0 aromatic rings. The quantitative estimate of drug-likeness (QED) is 0.518. The fourth-order valence-corrected chi connectivity index (χ4v) is 1.50. The van der Waals surface area contributed by atoms with Crippen LogP contribution in [0.25, 0.3) is 0 Å². The molecule has 0 aliphatic rings. The van der Waals surface area contributed by atoms with Gasteiger partial charge in [-0.1, -0.05) is 0 Å². The summed E-state index contributed by atoms with van der Waals surface area (Å²) in [6, 6.07) is -0.540. The summed E-state index contributed by atoms with van der Waals surface area (Å²) in [6.45, 7) is 0.597. The summed E-state index contributed by atoms with van der Waals surface area (Å²) in [5, 5.41) is 5.48. The Morgan fingerprint density at radius 3 is 2.60 bits per heavy atom. The minimum Gasteiger partial charge on any atom is -0.368 e. The summed E-state index contributed by atoms with van der Waals surface area (Å²) < 4.78 is 0. The van der Waals surface area contributed by atoms with Gasteiger partial charge in [-0.25, -0.2) is 0 Å². The molecule has 0 fully saturated rings. The van der Waals surface area contributed by atoms with E-state index in [1.54, 1.807) is 18.8 Å². The van der Waals surface area contributed by atoms with E-state index in [0.29, 0.717) is 19.4 Å². The molecule has 0 aliphatic carbocycles. The van der Waals surface area contributed by atoms with Gasteiger partial charge in [0.05, 0.1) is 0 Å². The highest BCUT2D eigenvalue weighted by Gasteiger charge is 2.16. The highest BCUT2D eigenvalue weighted by atomic mass is 32.2. The Morgan fingerprint density at radius 1 is 1.47 bits per heavy atom. The lowest BCUT2D eigenvalue weighted by molar-refractivity contribution is -0.127. The number of rotatable bonds is 8. The second-order valence-electron chi connectivity index (χ2n) is 3.16. The zero-order chi connectivity index (χ0) is 11.7. The molecule has 0 radical (unpaired) electrons. The molecule has 1 unspecified atom stereocenters. The van der Waals surface area contributed by atoms with E-state index >= 15 is 0 Å². The number of primary amides is 1. The Labute approximate surface area is 94.5 Å². The minimum absolute atomic E-state index is 0.144. The molecule has 0 heterocycles. The van der Waals surface area contributed by atoms with Crippen LogP contribution in [0.1, 0.15) is 12.8 Å². The zero-order valence-electron chi connectivity index (χ0n) is 9.21. The normalized spacial score (nSPS) is 12.1. The zero-order valence-corrected chi connectivity index (χ0v) is 10.0. The van der Waals surface area contributed by atoms with Gasteiger partial charge in [0.15, 0.2) is 0 Å². The predicted molar refractivity (Wildman–Crippen MR) is 62.7 cm³/mol. The van der Waals surface area contributed by atoms with Gasteiger partial charge in [0.2, 0.25) is 11.8 Å². The fourth-order valence-electron chi connectivity index (χ4n) is 1.03. The van der Waals surface area contributed by atoms with Crippen molar-refractivity contribution in [1.82, 2.24) is 10.6 Å². The molecule has 1 atom stereocenters. The smallest absolute Gasteiger partial charge is 0.240 e. The van der Waals surface area contributed by atoms with Crippen molar-refractivity contribution < 1.29 is 9.59 Å². The molecule has 5 nitrogen and oxygen atoms in total. The number of hydrogen-bond acceptors (Lipinski definition) is 4. The molecule has 0 bridgehead atoms. The predicted octanol–water partition coefficient (Wildman–Crippen LogP) is -0.681. The van der Waals surface area contributed by atoms with Crippen LogP contribution in [0.3, 0.4) is 0 Å². The Bertz CT molecular complexity index is 212. The Kier molecular flexibility index (Phi) is 8.12. The van der Waals surface area contributed by atoms with Gasteiger partial charge in [-0.05, 0) is 25.5 Å². The molecule has 0 aromatic carbocycles. The van der Waals surface area contributed by atoms with E-state index in [4.69, 9.17) is 5.73 Å². The van der Waals surface area contributed by atoms with E-state index in [0.717, 1.165) is 5.75 Å². The fraction of sp³-hybridized carbons (Fsp3) is 0.778. The summed E-state index contributed by atoms with van der Waals surface area (Å²) in [5.74, 6) is 0.191. The van der Waals surface area contributed by atoms with Crippen LogP contribution in [-0.2, 0) is 9.59 Å². The van der Waals surface area contributed by atoms with Gasteiger partial charge in [-0.15, -0.1) is 0 Å². The molecule has 0 saturated heterocycles. The summed E-state index contributed by atoms with van der Waals surface area (Å²) in [5.41, 5.74) is 5.18. The average Bonchev–Trinajstić information content (AvgIpc) is 2.20. The van der Waals surface area contributed by atoms with Crippen molar-refractivity contribution in [2.75, 3.05) is 25.6 Å². The first kappa shape index (κ1) is 14.2. The largest absolute Gasteiger partial charge is 0.368 e. The van der Waals surface area contributed by atoms with Crippen molar-refractivity contribution in [2.24, 2.45) is 5.73 Å². The molecule has 0 aromatic heterocycles. The Morgan fingerprint density at radius 2 is 2.13 bits per heavy atom. The third kappa shape index (κ3) is 7.21. The minimum atomic E-state index is -0.540. The van der Waals surface area contributed by atoms with Crippen molar-refractivity contribution in [3.63, 3.8) is 0 Å². The molecule has 0 saturated carbocycles. The van der Waals surface area contributed by atoms with E-state index in [1.807, 2.05) is 6.26 Å². The van der Waals surface area contributed by atoms with Gasteiger partial charge in [0.1, 0.15) is 6.04 Å². The maximum Gasteiger partial charge on any atom is 0.240 e. The summed E-state index contributed by atoms with van der Waals surface area (Å²) in [4.78, 5) is 22.3. The highest BCUT2D eigenvalue weighted by molar-refractivity contribution is 7.98. The molecule has 0 rings (SSSR count). The molecule has 4 N–H and O–H groups in total. The Hall–Kier alpha value is -0.750. The molecule has 88 valence electrons. The van der Waals surface area contributed by atoms with Gasteiger partial charge >= 0.3 is 0 Å². The molecule has 0 aliphatic heterocycles. The lowest BCUT2D eigenvalue weighted by Gasteiger charge is -2.14. The summed E-state index contributed by atoms with van der Waals surface area (Å²) >= 11 is 1.62. The third-order valence-electron chi connectivity index (χ3n) is 1.89.